The van der Waals surface area contributed by atoms with Crippen LogP contribution in [0.4, 0.5) is 13.2 Å². The summed E-state index contributed by atoms with van der Waals surface area (Å²) in [6.07, 6.45) is -4.56. The lowest BCUT2D eigenvalue weighted by Crippen LogP contribution is -2.34. The third-order valence-corrected chi connectivity index (χ3v) is 4.22. The number of hydrogen-bond donors (Lipinski definition) is 1. The second kappa shape index (κ2) is 7.89. The van der Waals surface area contributed by atoms with E-state index in [1.165, 1.54) is 28.1 Å². The predicted molar refractivity (Wildman–Crippen MR) is 92.8 cm³/mol. The minimum Gasteiger partial charge on any atom is -0.497 e. The number of aryl methyl sites for hydroxylation is 1. The number of rotatable bonds is 6. The molecule has 1 heterocycles. The Morgan fingerprint density at radius 2 is 1.85 bits per heavy atom. The molecule has 0 spiro atoms. The van der Waals surface area contributed by atoms with E-state index < -0.39 is 29.9 Å². The van der Waals surface area contributed by atoms with Gasteiger partial charge in [-0.05, 0) is 45.0 Å². The number of nitrogens with zero attached hydrogens (tertiary/aromatic N) is 2. The normalized spacial score (nSPS) is 13.8. The highest BCUT2D eigenvalue weighted by molar-refractivity contribution is 5.80. The number of amides is 1. The van der Waals surface area contributed by atoms with Gasteiger partial charge in [-0.15, -0.1) is 0 Å². The highest BCUT2D eigenvalue weighted by Crippen LogP contribution is 2.31. The Bertz CT molecular complexity index is 818. The van der Waals surface area contributed by atoms with E-state index in [1.54, 1.807) is 25.1 Å². The lowest BCUT2D eigenvalue weighted by atomic mass is 10.1. The van der Waals surface area contributed by atoms with Crippen LogP contribution in [0.15, 0.2) is 24.3 Å². The third kappa shape index (κ3) is 4.53. The van der Waals surface area contributed by atoms with Crippen LogP contribution in [-0.4, -0.2) is 29.9 Å². The summed E-state index contributed by atoms with van der Waals surface area (Å²) in [7, 11) is 3.03. The fourth-order valence-electron chi connectivity index (χ4n) is 2.72. The summed E-state index contributed by atoms with van der Waals surface area (Å²) in [5, 5.41) is 6.31. The van der Waals surface area contributed by atoms with Gasteiger partial charge in [0.15, 0.2) is 5.69 Å². The molecule has 2 rings (SSSR count). The molecule has 1 aromatic carbocycles. The zero-order chi connectivity index (χ0) is 20.4. The van der Waals surface area contributed by atoms with Crippen LogP contribution in [0.5, 0.6) is 11.5 Å². The van der Waals surface area contributed by atoms with Crippen molar-refractivity contribution in [1.29, 1.82) is 0 Å². The topological polar surface area (TPSA) is 65.4 Å². The summed E-state index contributed by atoms with van der Waals surface area (Å²) < 4.78 is 50.0. The van der Waals surface area contributed by atoms with Gasteiger partial charge in [0.05, 0.1) is 20.3 Å². The largest absolute Gasteiger partial charge is 0.497 e. The Morgan fingerprint density at radius 3 is 2.37 bits per heavy atom. The lowest BCUT2D eigenvalue weighted by Gasteiger charge is -2.21. The smallest absolute Gasteiger partial charge is 0.435 e. The van der Waals surface area contributed by atoms with Crippen LogP contribution in [0, 0.1) is 6.92 Å². The average Bonchev–Trinajstić information content (AvgIpc) is 3.02. The van der Waals surface area contributed by atoms with Crippen molar-refractivity contribution in [3.8, 4) is 11.5 Å². The number of alkyl halides is 3. The van der Waals surface area contributed by atoms with Gasteiger partial charge >= 0.3 is 6.18 Å². The van der Waals surface area contributed by atoms with Crippen molar-refractivity contribution in [3.63, 3.8) is 0 Å². The molecule has 9 heteroatoms. The molecule has 2 unspecified atom stereocenters. The van der Waals surface area contributed by atoms with Crippen molar-refractivity contribution in [3.05, 3.63) is 41.2 Å². The summed E-state index contributed by atoms with van der Waals surface area (Å²) >= 11 is 0. The molecule has 0 radical (unpaired) electrons. The van der Waals surface area contributed by atoms with E-state index in [4.69, 9.17) is 9.47 Å². The van der Waals surface area contributed by atoms with Gasteiger partial charge in [0, 0.05) is 11.3 Å². The van der Waals surface area contributed by atoms with E-state index in [0.29, 0.717) is 17.1 Å². The predicted octanol–water partition coefficient (Wildman–Crippen LogP) is 3.67. The first kappa shape index (κ1) is 20.6. The van der Waals surface area contributed by atoms with Crippen molar-refractivity contribution < 1.29 is 27.4 Å². The lowest BCUT2D eigenvalue weighted by molar-refractivity contribution is -0.142. The van der Waals surface area contributed by atoms with E-state index in [-0.39, 0.29) is 5.69 Å². The van der Waals surface area contributed by atoms with Gasteiger partial charge in [0.1, 0.15) is 17.5 Å². The summed E-state index contributed by atoms with van der Waals surface area (Å²) in [6, 6.07) is 4.72. The van der Waals surface area contributed by atoms with E-state index in [1.807, 2.05) is 0 Å². The Kier molecular flexibility index (Phi) is 6.02. The number of carbonyl (C=O) groups excluding carboxylic acids is 1. The first-order valence-electron chi connectivity index (χ1n) is 8.24. The molecule has 0 aliphatic rings. The number of halogens is 3. The molecule has 0 saturated heterocycles. The van der Waals surface area contributed by atoms with Crippen LogP contribution in [0.2, 0.25) is 0 Å². The molecular weight excluding hydrogens is 363 g/mol. The number of hydrogen-bond acceptors (Lipinski definition) is 4. The molecule has 0 fully saturated rings. The summed E-state index contributed by atoms with van der Waals surface area (Å²) in [5.74, 6) is 0.691. The molecule has 2 aromatic rings. The van der Waals surface area contributed by atoms with Crippen LogP contribution < -0.4 is 14.8 Å². The third-order valence-electron chi connectivity index (χ3n) is 4.22. The number of ether oxygens (including phenoxy) is 2. The van der Waals surface area contributed by atoms with Crippen LogP contribution in [0.3, 0.4) is 0 Å². The van der Waals surface area contributed by atoms with Gasteiger partial charge in [-0.25, -0.2) is 0 Å². The van der Waals surface area contributed by atoms with Gasteiger partial charge in [-0.3, -0.25) is 9.48 Å². The van der Waals surface area contributed by atoms with Gasteiger partial charge in [-0.2, -0.15) is 18.3 Å². The second-order valence-electron chi connectivity index (χ2n) is 6.13. The molecule has 27 heavy (non-hydrogen) atoms. The maximum absolute atomic E-state index is 12.8. The SMILES string of the molecule is COc1ccc(OC)c(C(C)NC(=O)C(C)n2nc(C(F)(F)F)cc2C)c1. The average molecular weight is 385 g/mol. The standard InChI is InChI=1S/C18H22F3N3O3/c1-10-8-16(18(19,20)21)23-24(10)12(3)17(25)22-11(2)14-9-13(26-4)6-7-15(14)27-5/h6-9,11-12H,1-5H3,(H,22,25). The fraction of sp³-hybridized carbons (Fsp3) is 0.444. The van der Waals surface area contributed by atoms with Crippen molar-refractivity contribution in [2.24, 2.45) is 0 Å². The highest BCUT2D eigenvalue weighted by atomic mass is 19.4. The molecule has 0 saturated carbocycles. The van der Waals surface area contributed by atoms with Crippen molar-refractivity contribution in [2.45, 2.75) is 39.0 Å². The summed E-state index contributed by atoms with van der Waals surface area (Å²) in [5.41, 5.74) is -0.0932. The minimum absolute atomic E-state index is 0.247. The molecule has 2 atom stereocenters. The summed E-state index contributed by atoms with van der Waals surface area (Å²) in [4.78, 5) is 12.6. The van der Waals surface area contributed by atoms with Crippen LogP contribution >= 0.6 is 0 Å². The molecule has 1 aromatic heterocycles. The zero-order valence-electron chi connectivity index (χ0n) is 15.7. The molecule has 0 bridgehead atoms. The van der Waals surface area contributed by atoms with E-state index in [0.717, 1.165) is 10.7 Å². The fourth-order valence-corrected chi connectivity index (χ4v) is 2.72. The van der Waals surface area contributed by atoms with E-state index in [2.05, 4.69) is 10.4 Å². The van der Waals surface area contributed by atoms with Crippen molar-refractivity contribution in [1.82, 2.24) is 15.1 Å². The molecule has 0 aliphatic heterocycles. The maximum Gasteiger partial charge on any atom is 0.435 e. The van der Waals surface area contributed by atoms with E-state index >= 15 is 0 Å². The summed E-state index contributed by atoms with van der Waals surface area (Å²) in [6.45, 7) is 4.71. The minimum atomic E-state index is -4.56. The maximum atomic E-state index is 12.8. The number of aromatic nitrogens is 2. The monoisotopic (exact) mass is 385 g/mol. The van der Waals surface area contributed by atoms with Gasteiger partial charge in [-0.1, -0.05) is 0 Å². The molecular formula is C18H22F3N3O3. The molecule has 6 nitrogen and oxygen atoms in total. The Morgan fingerprint density at radius 1 is 1.19 bits per heavy atom. The van der Waals surface area contributed by atoms with Crippen molar-refractivity contribution in [2.75, 3.05) is 14.2 Å². The Balaban J connectivity index is 2.21. The van der Waals surface area contributed by atoms with Crippen LogP contribution in [0.25, 0.3) is 0 Å². The Labute approximate surface area is 155 Å². The quantitative estimate of drug-likeness (QED) is 0.824. The molecule has 1 amide bonds. The number of nitrogens with one attached hydrogen (secondary N) is 1. The first-order chi connectivity index (χ1) is 12.6. The van der Waals surface area contributed by atoms with Gasteiger partial charge in [0.25, 0.3) is 0 Å². The number of benzene rings is 1. The van der Waals surface area contributed by atoms with E-state index in [9.17, 15) is 18.0 Å². The second-order valence-corrected chi connectivity index (χ2v) is 6.13. The Hall–Kier alpha value is -2.71. The van der Waals surface area contributed by atoms with Gasteiger partial charge in [0.2, 0.25) is 5.91 Å². The molecule has 1 N–H and O–H groups in total. The van der Waals surface area contributed by atoms with Gasteiger partial charge < -0.3 is 14.8 Å². The number of carbonyl (C=O) groups is 1. The highest BCUT2D eigenvalue weighted by Gasteiger charge is 2.35. The zero-order valence-corrected chi connectivity index (χ0v) is 15.7. The molecule has 0 aliphatic carbocycles. The first-order valence-corrected chi connectivity index (χ1v) is 8.24. The number of methoxy groups -OCH3 is 2. The van der Waals surface area contributed by atoms with Crippen LogP contribution in [-0.2, 0) is 11.0 Å². The van der Waals surface area contributed by atoms with Crippen LogP contribution in [0.1, 0.15) is 42.9 Å². The van der Waals surface area contributed by atoms with Crippen molar-refractivity contribution >= 4 is 5.91 Å². The molecule has 148 valence electrons.